The summed E-state index contributed by atoms with van der Waals surface area (Å²) in [7, 11) is 0. The summed E-state index contributed by atoms with van der Waals surface area (Å²) in [5.41, 5.74) is 5.59. The summed E-state index contributed by atoms with van der Waals surface area (Å²) in [6, 6.07) is 1.23. The van der Waals surface area contributed by atoms with Crippen LogP contribution >= 0.6 is 0 Å². The average Bonchev–Trinajstić information content (AvgIpc) is 3.15. The van der Waals surface area contributed by atoms with Crippen molar-refractivity contribution in [3.05, 3.63) is 0 Å². The number of carbonyl (C=O) groups is 1. The zero-order valence-electron chi connectivity index (χ0n) is 10.8. The van der Waals surface area contributed by atoms with Crippen LogP contribution in [0.25, 0.3) is 0 Å². The lowest BCUT2D eigenvalue weighted by Crippen LogP contribution is -2.47. The minimum Gasteiger partial charge on any atom is -0.353 e. The molecule has 4 heteroatoms. The Morgan fingerprint density at radius 3 is 2.47 bits per heavy atom. The number of hydrogen-bond acceptors (Lipinski definition) is 3. The molecule has 1 saturated heterocycles. The molecule has 3 N–H and O–H groups in total. The van der Waals surface area contributed by atoms with E-state index in [4.69, 9.17) is 5.73 Å². The molecule has 0 bridgehead atoms. The molecule has 4 nitrogen and oxygen atoms in total. The van der Waals surface area contributed by atoms with Crippen LogP contribution in [0.5, 0.6) is 0 Å². The van der Waals surface area contributed by atoms with E-state index in [1.165, 1.54) is 12.8 Å². The Morgan fingerprint density at radius 1 is 1.35 bits per heavy atom. The molecule has 0 aromatic rings. The van der Waals surface area contributed by atoms with Gasteiger partial charge in [0.2, 0.25) is 5.91 Å². The Hall–Kier alpha value is -0.610. The Bertz CT molecular complexity index is 253. The van der Waals surface area contributed by atoms with Gasteiger partial charge in [0.15, 0.2) is 0 Å². The molecular formula is C13H25N3O. The summed E-state index contributed by atoms with van der Waals surface area (Å²) in [5, 5.41) is 3.16. The highest BCUT2D eigenvalue weighted by Crippen LogP contribution is 2.29. The molecule has 1 unspecified atom stereocenters. The quantitative estimate of drug-likeness (QED) is 0.743. The van der Waals surface area contributed by atoms with Gasteiger partial charge in [-0.15, -0.1) is 0 Å². The van der Waals surface area contributed by atoms with Gasteiger partial charge < -0.3 is 16.0 Å². The van der Waals surface area contributed by atoms with Crippen molar-refractivity contribution < 1.29 is 4.79 Å². The van der Waals surface area contributed by atoms with Crippen LogP contribution in [0.2, 0.25) is 0 Å². The van der Waals surface area contributed by atoms with E-state index in [0.717, 1.165) is 38.4 Å². The van der Waals surface area contributed by atoms with E-state index in [1.807, 2.05) is 6.92 Å². The maximum absolute atomic E-state index is 11.9. The van der Waals surface area contributed by atoms with E-state index in [0.29, 0.717) is 12.6 Å². The SMILES string of the molecule is CCC(CN)C(=O)NC1CCN(C2CC2)CC1. The van der Waals surface area contributed by atoms with Crippen molar-refractivity contribution in [2.75, 3.05) is 19.6 Å². The zero-order valence-corrected chi connectivity index (χ0v) is 10.8. The lowest BCUT2D eigenvalue weighted by Gasteiger charge is -2.33. The fourth-order valence-electron chi connectivity index (χ4n) is 2.63. The fourth-order valence-corrected chi connectivity index (χ4v) is 2.63. The Morgan fingerprint density at radius 2 is 2.00 bits per heavy atom. The Balaban J connectivity index is 1.71. The van der Waals surface area contributed by atoms with Gasteiger partial charge in [-0.2, -0.15) is 0 Å². The highest BCUT2D eigenvalue weighted by atomic mass is 16.1. The smallest absolute Gasteiger partial charge is 0.224 e. The number of piperidine rings is 1. The van der Waals surface area contributed by atoms with Crippen molar-refractivity contribution in [2.24, 2.45) is 11.7 Å². The van der Waals surface area contributed by atoms with E-state index in [1.54, 1.807) is 0 Å². The maximum Gasteiger partial charge on any atom is 0.224 e. The standard InChI is InChI=1S/C13H25N3O/c1-2-10(9-14)13(17)15-11-5-7-16(8-6-11)12-3-4-12/h10-12H,2-9,14H2,1H3,(H,15,17). The number of likely N-dealkylation sites (tertiary alicyclic amines) is 1. The number of rotatable bonds is 5. The highest BCUT2D eigenvalue weighted by molar-refractivity contribution is 5.79. The van der Waals surface area contributed by atoms with Gasteiger partial charge in [-0.25, -0.2) is 0 Å². The van der Waals surface area contributed by atoms with Crippen molar-refractivity contribution in [3.63, 3.8) is 0 Å². The summed E-state index contributed by atoms with van der Waals surface area (Å²) in [5.74, 6) is 0.149. The van der Waals surface area contributed by atoms with Gasteiger partial charge in [0.25, 0.3) is 0 Å². The predicted octanol–water partition coefficient (Wildman–Crippen LogP) is 0.714. The highest BCUT2D eigenvalue weighted by Gasteiger charge is 2.32. The first kappa shape index (κ1) is 12.8. The van der Waals surface area contributed by atoms with Gasteiger partial charge in [-0.3, -0.25) is 4.79 Å². The summed E-state index contributed by atoms with van der Waals surface area (Å²) in [4.78, 5) is 14.5. The number of nitrogens with zero attached hydrogens (tertiary/aromatic N) is 1. The number of amides is 1. The van der Waals surface area contributed by atoms with Crippen molar-refractivity contribution >= 4 is 5.91 Å². The molecule has 2 aliphatic rings. The molecule has 1 aliphatic carbocycles. The van der Waals surface area contributed by atoms with E-state index < -0.39 is 0 Å². The fraction of sp³-hybridized carbons (Fsp3) is 0.923. The van der Waals surface area contributed by atoms with E-state index in [2.05, 4.69) is 10.2 Å². The van der Waals surface area contributed by atoms with Crippen molar-refractivity contribution in [3.8, 4) is 0 Å². The van der Waals surface area contributed by atoms with Crippen LogP contribution in [0, 0.1) is 5.92 Å². The first-order valence-electron chi connectivity index (χ1n) is 6.99. The second-order valence-electron chi connectivity index (χ2n) is 5.39. The van der Waals surface area contributed by atoms with Gasteiger partial charge in [-0.1, -0.05) is 6.92 Å². The molecule has 0 aromatic carbocycles. The molecule has 2 rings (SSSR count). The Kier molecular flexibility index (Phi) is 4.40. The minimum absolute atomic E-state index is 0.00328. The van der Waals surface area contributed by atoms with Gasteiger partial charge in [-0.05, 0) is 32.1 Å². The third kappa shape index (κ3) is 3.42. The van der Waals surface area contributed by atoms with Crippen molar-refractivity contribution in [2.45, 2.75) is 51.1 Å². The summed E-state index contributed by atoms with van der Waals surface area (Å²) >= 11 is 0. The number of carbonyl (C=O) groups excluding carboxylic acids is 1. The molecule has 0 spiro atoms. The molecule has 1 atom stereocenters. The molecule has 0 aromatic heterocycles. The Labute approximate surface area is 104 Å². The van der Waals surface area contributed by atoms with Gasteiger partial charge in [0, 0.05) is 37.6 Å². The second kappa shape index (κ2) is 5.83. The first-order valence-corrected chi connectivity index (χ1v) is 6.99. The average molecular weight is 239 g/mol. The number of nitrogens with two attached hydrogens (primary N) is 1. The molecule has 17 heavy (non-hydrogen) atoms. The largest absolute Gasteiger partial charge is 0.353 e. The van der Waals surface area contributed by atoms with Crippen molar-refractivity contribution in [1.82, 2.24) is 10.2 Å². The predicted molar refractivity (Wildman–Crippen MR) is 68.6 cm³/mol. The maximum atomic E-state index is 11.9. The monoisotopic (exact) mass is 239 g/mol. The summed E-state index contributed by atoms with van der Waals surface area (Å²) in [6.07, 6.45) is 5.79. The van der Waals surface area contributed by atoms with Crippen molar-refractivity contribution in [1.29, 1.82) is 0 Å². The lowest BCUT2D eigenvalue weighted by molar-refractivity contribution is -0.125. The van der Waals surface area contributed by atoms with Crippen LogP contribution < -0.4 is 11.1 Å². The van der Waals surface area contributed by atoms with Crippen LogP contribution in [0.4, 0.5) is 0 Å². The topological polar surface area (TPSA) is 58.4 Å². The van der Waals surface area contributed by atoms with Gasteiger partial charge >= 0.3 is 0 Å². The number of nitrogens with one attached hydrogen (secondary N) is 1. The third-order valence-electron chi connectivity index (χ3n) is 4.09. The normalized spacial score (nSPS) is 24.6. The van der Waals surface area contributed by atoms with Crippen LogP contribution in [-0.2, 0) is 4.79 Å². The molecule has 1 heterocycles. The second-order valence-corrected chi connectivity index (χ2v) is 5.39. The van der Waals surface area contributed by atoms with Crippen LogP contribution in [0.1, 0.15) is 39.0 Å². The van der Waals surface area contributed by atoms with Crippen LogP contribution in [0.15, 0.2) is 0 Å². The van der Waals surface area contributed by atoms with E-state index >= 15 is 0 Å². The first-order chi connectivity index (χ1) is 8.24. The molecule has 98 valence electrons. The van der Waals surface area contributed by atoms with Gasteiger partial charge in [0.05, 0.1) is 0 Å². The lowest BCUT2D eigenvalue weighted by atomic mass is 10.0. The molecule has 2 fully saturated rings. The molecule has 1 amide bonds. The summed E-state index contributed by atoms with van der Waals surface area (Å²) < 4.78 is 0. The van der Waals surface area contributed by atoms with E-state index in [-0.39, 0.29) is 11.8 Å². The molecule has 0 radical (unpaired) electrons. The van der Waals surface area contributed by atoms with E-state index in [9.17, 15) is 4.79 Å². The minimum atomic E-state index is -0.00328. The third-order valence-corrected chi connectivity index (χ3v) is 4.09. The molecule has 1 saturated carbocycles. The zero-order chi connectivity index (χ0) is 12.3. The molecule has 1 aliphatic heterocycles. The summed E-state index contributed by atoms with van der Waals surface area (Å²) in [6.45, 7) is 4.78. The van der Waals surface area contributed by atoms with Crippen LogP contribution in [0.3, 0.4) is 0 Å². The van der Waals surface area contributed by atoms with Gasteiger partial charge in [0.1, 0.15) is 0 Å². The molecular weight excluding hydrogens is 214 g/mol. The van der Waals surface area contributed by atoms with Crippen LogP contribution in [-0.4, -0.2) is 42.5 Å². The number of hydrogen-bond donors (Lipinski definition) is 2.